The number of carbonyl (C=O) groups is 1. The molecule has 0 saturated heterocycles. The highest BCUT2D eigenvalue weighted by Crippen LogP contribution is 2.46. The molecule has 0 bridgehead atoms. The van der Waals surface area contributed by atoms with Gasteiger partial charge in [0, 0.05) is 36.1 Å². The first-order valence-corrected chi connectivity index (χ1v) is 9.37. The molecule has 1 unspecified atom stereocenters. The number of benzene rings is 1. The zero-order valence-electron chi connectivity index (χ0n) is 14.4. The molecule has 0 aliphatic heterocycles. The maximum atomic E-state index is 14.6. The van der Waals surface area contributed by atoms with Gasteiger partial charge in [-0.2, -0.15) is 0 Å². The van der Waals surface area contributed by atoms with Crippen LogP contribution in [0.2, 0.25) is 0 Å². The fourth-order valence-electron chi connectivity index (χ4n) is 3.57. The molecule has 1 aliphatic carbocycles. The number of aromatic nitrogens is 2. The number of pyridine rings is 1. The number of fused-ring (bicyclic) bond motifs is 1. The van der Waals surface area contributed by atoms with E-state index in [1.54, 1.807) is 42.7 Å². The highest BCUT2D eigenvalue weighted by atomic mass is 32.2. The molecular weight excluding hydrogens is 351 g/mol. The Bertz CT molecular complexity index is 1040. The number of ketones is 1. The van der Waals surface area contributed by atoms with Crippen molar-refractivity contribution in [2.45, 2.75) is 30.6 Å². The Balaban J connectivity index is 2.02. The monoisotopic (exact) mass is 368 g/mol. The minimum Gasteiger partial charge on any atom is -0.294 e. The predicted molar refractivity (Wildman–Crippen MR) is 97.8 cm³/mol. The second-order valence-corrected chi connectivity index (χ2v) is 8.36. The van der Waals surface area contributed by atoms with E-state index in [4.69, 9.17) is 0 Å². The van der Waals surface area contributed by atoms with Crippen LogP contribution in [-0.4, -0.2) is 18.9 Å². The lowest BCUT2D eigenvalue weighted by atomic mass is 9.85. The van der Waals surface area contributed by atoms with Crippen LogP contribution in [0.3, 0.4) is 0 Å². The quantitative estimate of drug-likeness (QED) is 0.699. The summed E-state index contributed by atoms with van der Waals surface area (Å²) in [6.45, 7) is 3.91. The topological polar surface area (TPSA) is 52.0 Å². The van der Waals surface area contributed by atoms with Crippen LogP contribution < -0.4 is 0 Å². The molecule has 2 aromatic heterocycles. The number of hydrogen-bond donors (Lipinski definition) is 0. The highest BCUT2D eigenvalue weighted by Gasteiger charge is 2.41. The summed E-state index contributed by atoms with van der Waals surface area (Å²) >= 11 is 0. The van der Waals surface area contributed by atoms with Crippen LogP contribution in [0.1, 0.15) is 36.2 Å². The lowest BCUT2D eigenvalue weighted by Gasteiger charge is -2.21. The average molecular weight is 368 g/mol. The van der Waals surface area contributed by atoms with Crippen molar-refractivity contribution in [2.75, 3.05) is 0 Å². The lowest BCUT2D eigenvalue weighted by molar-refractivity contribution is 0.0979. The van der Waals surface area contributed by atoms with Crippen molar-refractivity contribution in [1.82, 2.24) is 8.96 Å². The maximum absolute atomic E-state index is 14.6. The molecule has 4 rings (SSSR count). The average Bonchev–Trinajstić information content (AvgIpc) is 3.12. The number of rotatable bonds is 3. The predicted octanol–water partition coefficient (Wildman–Crippen LogP) is 4.12. The third-order valence-electron chi connectivity index (χ3n) is 4.70. The molecule has 2 heterocycles. The molecule has 4 nitrogen and oxygen atoms in total. The third-order valence-corrected chi connectivity index (χ3v) is 5.99. The Morgan fingerprint density at radius 2 is 1.92 bits per heavy atom. The van der Waals surface area contributed by atoms with Crippen LogP contribution >= 0.6 is 0 Å². The zero-order valence-corrected chi connectivity index (χ0v) is 15.2. The molecule has 3 aromatic rings. The molecule has 1 aromatic carbocycles. The van der Waals surface area contributed by atoms with Crippen molar-refractivity contribution >= 4 is 16.8 Å². The van der Waals surface area contributed by atoms with Gasteiger partial charge in [-0.15, -0.1) is 0 Å². The van der Waals surface area contributed by atoms with Gasteiger partial charge in [0.05, 0.1) is 10.6 Å². The van der Waals surface area contributed by atoms with Crippen molar-refractivity contribution in [2.24, 2.45) is 0 Å². The minimum atomic E-state index is -1.64. The Morgan fingerprint density at radius 1 is 1.15 bits per heavy atom. The number of nitrogens with zero attached hydrogens (tertiary/aromatic N) is 2. The molecule has 0 amide bonds. The van der Waals surface area contributed by atoms with E-state index in [0.717, 1.165) is 5.56 Å². The van der Waals surface area contributed by atoms with Crippen molar-refractivity contribution in [3.63, 3.8) is 0 Å². The fourth-order valence-corrected chi connectivity index (χ4v) is 4.70. The van der Waals surface area contributed by atoms with Gasteiger partial charge in [0.15, 0.2) is 16.8 Å². The first-order chi connectivity index (χ1) is 12.4. The van der Waals surface area contributed by atoms with Gasteiger partial charge in [-0.05, 0) is 35.2 Å². The molecule has 6 heteroatoms. The van der Waals surface area contributed by atoms with Crippen LogP contribution in [-0.2, 0) is 16.4 Å². The molecule has 26 heavy (non-hydrogen) atoms. The van der Waals surface area contributed by atoms with Crippen molar-refractivity contribution in [1.29, 1.82) is 0 Å². The standard InChI is InChI=1S/C20H17FN2O2S/c1-20(2)10-17(24)15-12-23(26(25)13-6-5-9-22-11-13)19(18(15)20)14-7-3-4-8-16(14)21/h3-9,11-12H,10H2,1-2H3. The van der Waals surface area contributed by atoms with Crippen LogP contribution in [0.5, 0.6) is 0 Å². The molecule has 0 saturated carbocycles. The number of carbonyl (C=O) groups excluding carboxylic acids is 1. The van der Waals surface area contributed by atoms with Crippen molar-refractivity contribution in [3.8, 4) is 11.3 Å². The summed E-state index contributed by atoms with van der Waals surface area (Å²) in [6.07, 6.45) is 5.07. The van der Waals surface area contributed by atoms with Gasteiger partial charge in [-0.25, -0.2) is 8.60 Å². The van der Waals surface area contributed by atoms with Gasteiger partial charge >= 0.3 is 0 Å². The smallest absolute Gasteiger partial charge is 0.165 e. The Kier molecular flexibility index (Phi) is 3.88. The first kappa shape index (κ1) is 16.8. The van der Waals surface area contributed by atoms with E-state index in [-0.39, 0.29) is 5.78 Å². The van der Waals surface area contributed by atoms with Gasteiger partial charge in [0.1, 0.15) is 5.82 Å². The van der Waals surface area contributed by atoms with E-state index >= 15 is 0 Å². The Hall–Kier alpha value is -2.60. The molecule has 0 fully saturated rings. The molecule has 0 radical (unpaired) electrons. The van der Waals surface area contributed by atoms with E-state index < -0.39 is 22.2 Å². The van der Waals surface area contributed by atoms with Gasteiger partial charge in [0.2, 0.25) is 0 Å². The van der Waals surface area contributed by atoms with E-state index in [0.29, 0.717) is 28.1 Å². The van der Waals surface area contributed by atoms with Crippen molar-refractivity contribution in [3.05, 3.63) is 71.9 Å². The van der Waals surface area contributed by atoms with E-state index in [2.05, 4.69) is 4.98 Å². The molecule has 0 N–H and O–H groups in total. The molecule has 1 aliphatic rings. The van der Waals surface area contributed by atoms with E-state index in [1.165, 1.54) is 16.2 Å². The van der Waals surface area contributed by atoms with E-state index in [1.807, 2.05) is 13.8 Å². The lowest BCUT2D eigenvalue weighted by Crippen LogP contribution is -2.17. The van der Waals surface area contributed by atoms with Crippen LogP contribution in [0.25, 0.3) is 11.3 Å². The second-order valence-electron chi connectivity index (χ2n) is 6.99. The molecule has 0 spiro atoms. The number of hydrogen-bond acceptors (Lipinski definition) is 3. The Labute approximate surface area is 153 Å². The number of halogens is 1. The summed E-state index contributed by atoms with van der Waals surface area (Å²) in [5, 5.41) is 0. The van der Waals surface area contributed by atoms with Crippen LogP contribution in [0.15, 0.2) is 59.9 Å². The zero-order chi connectivity index (χ0) is 18.5. The Morgan fingerprint density at radius 3 is 2.62 bits per heavy atom. The van der Waals surface area contributed by atoms with Gasteiger partial charge in [-0.1, -0.05) is 26.0 Å². The number of Topliss-reactive ketones (excluding diaryl/α,β-unsaturated/α-hetero) is 1. The molecule has 1 atom stereocenters. The summed E-state index contributed by atoms with van der Waals surface area (Å²) in [5.41, 5.74) is 1.66. The molecule has 132 valence electrons. The summed E-state index contributed by atoms with van der Waals surface area (Å²) in [6, 6.07) is 9.77. The van der Waals surface area contributed by atoms with E-state index in [9.17, 15) is 13.4 Å². The summed E-state index contributed by atoms with van der Waals surface area (Å²) in [5.74, 6) is -0.419. The molecular formula is C20H17FN2O2S. The van der Waals surface area contributed by atoms with Crippen molar-refractivity contribution < 1.29 is 13.4 Å². The van der Waals surface area contributed by atoms with Gasteiger partial charge < -0.3 is 0 Å². The van der Waals surface area contributed by atoms with Gasteiger partial charge in [-0.3, -0.25) is 13.8 Å². The normalized spacial score (nSPS) is 16.5. The fraction of sp³-hybridized carbons (Fsp3) is 0.200. The van der Waals surface area contributed by atoms with Crippen LogP contribution in [0, 0.1) is 5.82 Å². The first-order valence-electron chi connectivity index (χ1n) is 8.26. The summed E-state index contributed by atoms with van der Waals surface area (Å²) in [7, 11) is -1.64. The summed E-state index contributed by atoms with van der Waals surface area (Å²) < 4.78 is 29.3. The largest absolute Gasteiger partial charge is 0.294 e. The minimum absolute atomic E-state index is 0.00970. The van der Waals surface area contributed by atoms with Gasteiger partial charge in [0.25, 0.3) is 0 Å². The van der Waals surface area contributed by atoms with Crippen LogP contribution in [0.4, 0.5) is 4.39 Å². The third kappa shape index (κ3) is 2.52. The second kappa shape index (κ2) is 5.99. The summed E-state index contributed by atoms with van der Waals surface area (Å²) in [4.78, 5) is 17.0. The highest BCUT2D eigenvalue weighted by molar-refractivity contribution is 7.83. The SMILES string of the molecule is CC1(C)CC(=O)c2cn(S(=O)c3cccnc3)c(-c3ccccc3F)c21. The maximum Gasteiger partial charge on any atom is 0.165 e.